The number of hydrogen-bond donors (Lipinski definition) is 5. The Bertz CT molecular complexity index is 4080. The Kier molecular flexibility index (Phi) is 22.1. The minimum absolute atomic E-state index is 0.0260. The van der Waals surface area contributed by atoms with Gasteiger partial charge in [0.2, 0.25) is 16.3 Å². The smallest absolute Gasteiger partial charge is 0.343 e. The van der Waals surface area contributed by atoms with Crippen molar-refractivity contribution in [2.24, 2.45) is 0 Å². The summed E-state index contributed by atoms with van der Waals surface area (Å²) in [7, 11) is 10.9. The molecular formula is C58H66ClN15O12S3. The van der Waals surface area contributed by atoms with Crippen molar-refractivity contribution >= 4 is 108 Å². The Morgan fingerprint density at radius 3 is 1.30 bits per heavy atom. The number of aromatic nitrogens is 9. The third kappa shape index (κ3) is 14.4. The Morgan fingerprint density at radius 1 is 0.562 bits per heavy atom. The topological polar surface area (TPSA) is 316 Å². The van der Waals surface area contributed by atoms with E-state index in [4.69, 9.17) is 45.3 Å². The molecule has 12 heterocycles. The molecule has 27 nitrogen and oxygen atoms in total. The van der Waals surface area contributed by atoms with E-state index in [9.17, 15) is 33.9 Å². The number of rotatable bonds is 16. The molecule has 89 heavy (non-hydrogen) atoms. The summed E-state index contributed by atoms with van der Waals surface area (Å²) in [5.74, 6) is -1.18. The monoisotopic (exact) mass is 1300 g/mol. The van der Waals surface area contributed by atoms with Crippen molar-refractivity contribution in [3.05, 3.63) is 142 Å². The van der Waals surface area contributed by atoms with Gasteiger partial charge in [-0.2, -0.15) is 0 Å². The number of ether oxygens (including phenoxy) is 5. The number of thiazole rings is 3. The number of carboxylic acid groups (broad SMARTS) is 1. The molecule has 3 aliphatic heterocycles. The number of carbonyl (C=O) groups is 3. The minimum atomic E-state index is -1.28. The van der Waals surface area contributed by atoms with E-state index in [-0.39, 0.29) is 70.1 Å². The molecule has 12 rings (SSSR count). The number of nitrogens with zero attached hydrogens (tertiary/aromatic N) is 11. The minimum Gasteiger partial charge on any atom is -0.477 e. The first-order chi connectivity index (χ1) is 43.1. The summed E-state index contributed by atoms with van der Waals surface area (Å²) in [5.41, 5.74) is -0.636. The zero-order chi connectivity index (χ0) is 63.5. The zero-order valence-electron chi connectivity index (χ0n) is 49.7. The summed E-state index contributed by atoms with van der Waals surface area (Å²) < 4.78 is 31.1. The van der Waals surface area contributed by atoms with Crippen molar-refractivity contribution in [3.63, 3.8) is 0 Å². The largest absolute Gasteiger partial charge is 0.477 e. The van der Waals surface area contributed by atoms with Crippen LogP contribution in [-0.2, 0) is 23.7 Å². The van der Waals surface area contributed by atoms with Gasteiger partial charge in [0.25, 0.3) is 0 Å². The summed E-state index contributed by atoms with van der Waals surface area (Å²) in [6, 6.07) is 10.8. The lowest BCUT2D eigenvalue weighted by Gasteiger charge is -2.18. The summed E-state index contributed by atoms with van der Waals surface area (Å²) in [6.45, 7) is 8.54. The van der Waals surface area contributed by atoms with Crippen LogP contribution in [0.3, 0.4) is 0 Å². The third-order valence-electron chi connectivity index (χ3n) is 14.9. The normalized spacial score (nSPS) is 18.7. The van der Waals surface area contributed by atoms with Gasteiger partial charge in [-0.3, -0.25) is 28.1 Å². The number of carbonyl (C=O) groups excluding carboxylic acids is 2. The lowest BCUT2D eigenvalue weighted by atomic mass is 10.2. The van der Waals surface area contributed by atoms with Crippen molar-refractivity contribution in [3.8, 4) is 15.4 Å². The summed E-state index contributed by atoms with van der Waals surface area (Å²) in [6.07, 6.45) is 9.49. The number of halogens is 1. The Balaban J connectivity index is 0.000000149. The van der Waals surface area contributed by atoms with Crippen molar-refractivity contribution in [1.82, 2.24) is 64.9 Å². The molecule has 0 amide bonds. The molecule has 0 unspecified atom stereocenters. The first-order valence-corrected chi connectivity index (χ1v) is 31.0. The second-order valence-corrected chi connectivity index (χ2v) is 23.0. The molecule has 0 aliphatic carbocycles. The standard InChI is InChI=1S/C20H23N5O4S.C18H19N5O4S.C14H10ClN3O3S.C6H14N2O/c1-4-29-19(27)13-9-25(20-22-7-8-30-20)18-12(17(13)26)5-6-16(23-18)24-10-14(21-2)15(11-24)28-3;1-19-12-8-22(9-13(12)27-2)14-4-3-10-15(24)11(17(25)26)7-23(16(10)21-14)18-20-5-6-28-18;1-2-21-13(20)9-7-18(14-16-5-6-22-14)12-8(11(9)19)3-4-10(15)17-12;1-7-5-3-8-4-6(5)9-2/h5-9,14-15,21H,4,10-11H2,1-3H3;3-7,12-13,19H,8-9H2,1-2H3,(H,25,26);3-7H,2H2,1H3;5-8H,3-4H2,1-2H3/t14-,15-;12-,13-;;5-,6-/m00.0/s1. The van der Waals surface area contributed by atoms with E-state index >= 15 is 0 Å². The van der Waals surface area contributed by atoms with Crippen LogP contribution < -0.4 is 47.4 Å². The highest BCUT2D eigenvalue weighted by Crippen LogP contribution is 2.28. The Morgan fingerprint density at radius 2 is 0.955 bits per heavy atom. The first kappa shape index (κ1) is 65.4. The number of carboxylic acids is 1. The van der Waals surface area contributed by atoms with E-state index in [1.54, 1.807) is 109 Å². The van der Waals surface area contributed by atoms with E-state index in [1.165, 1.54) is 58.7 Å². The van der Waals surface area contributed by atoms with Crippen LogP contribution in [0.4, 0.5) is 11.6 Å². The number of likely N-dealkylation sites (N-methyl/N-ethyl adjacent to an activating group) is 3. The molecular weight excluding hydrogens is 1230 g/mol. The van der Waals surface area contributed by atoms with E-state index in [2.05, 4.69) is 51.0 Å². The van der Waals surface area contributed by atoms with Gasteiger partial charge in [-0.1, -0.05) is 11.6 Å². The van der Waals surface area contributed by atoms with Gasteiger partial charge in [0, 0.05) is 120 Å². The van der Waals surface area contributed by atoms with Crippen molar-refractivity contribution in [2.75, 3.05) is 105 Å². The molecule has 5 N–H and O–H groups in total. The summed E-state index contributed by atoms with van der Waals surface area (Å²) >= 11 is 10.00. The molecule has 3 fully saturated rings. The van der Waals surface area contributed by atoms with E-state index in [0.717, 1.165) is 25.5 Å². The van der Waals surface area contributed by atoms with Gasteiger partial charge < -0.3 is 59.9 Å². The maximum Gasteiger partial charge on any atom is 0.343 e. The zero-order valence-corrected chi connectivity index (χ0v) is 52.9. The molecule has 0 bridgehead atoms. The van der Waals surface area contributed by atoms with Crippen LogP contribution in [0.1, 0.15) is 44.9 Å². The SMILES string of the molecule is CCOC(=O)c1cn(-c2nccs2)c2nc(Cl)ccc2c1=O.CCOC(=O)c1cn(-c2nccs2)c2nc(N3C[C@H](NC)[C@@H](OC)C3)ccc2c1=O.CN[C@H]1CN(c2ccc3c(=O)c(C(=O)O)cn(-c4nccs4)c3n2)C[C@@H]1OC.CN[C@H]1CNC[C@@H]1OC. The van der Waals surface area contributed by atoms with Gasteiger partial charge >= 0.3 is 17.9 Å². The molecule has 6 atom stereocenters. The number of esters is 2. The fourth-order valence-electron chi connectivity index (χ4n) is 10.4. The summed E-state index contributed by atoms with van der Waals surface area (Å²) in [5, 5.41) is 30.6. The average Bonchev–Trinajstić information content (AvgIpc) is 1.71. The summed E-state index contributed by atoms with van der Waals surface area (Å²) in [4.78, 5) is 105. The maximum atomic E-state index is 13.0. The lowest BCUT2D eigenvalue weighted by Crippen LogP contribution is -2.37. The number of fused-ring (bicyclic) bond motifs is 3. The van der Waals surface area contributed by atoms with Crippen LogP contribution >= 0.6 is 45.6 Å². The number of hydrogen-bond acceptors (Lipinski definition) is 26. The van der Waals surface area contributed by atoms with Crippen LogP contribution in [0.5, 0.6) is 0 Å². The van der Waals surface area contributed by atoms with E-state index in [0.29, 0.717) is 75.3 Å². The van der Waals surface area contributed by atoms with Crippen LogP contribution in [0.15, 0.2) is 104 Å². The molecule has 0 radical (unpaired) electrons. The number of nitrogens with one attached hydrogen (secondary N) is 4. The molecule has 3 aliphatic rings. The Labute approximate surface area is 526 Å². The van der Waals surface area contributed by atoms with Crippen LogP contribution in [-0.4, -0.2) is 198 Å². The third-order valence-corrected chi connectivity index (χ3v) is 17.5. The quantitative estimate of drug-likeness (QED) is 0.0666. The second kappa shape index (κ2) is 30.0. The highest BCUT2D eigenvalue weighted by molar-refractivity contribution is 7.12. The molecule has 3 saturated heterocycles. The second-order valence-electron chi connectivity index (χ2n) is 20.0. The predicted octanol–water partition coefficient (Wildman–Crippen LogP) is 4.27. The van der Waals surface area contributed by atoms with Crippen molar-refractivity contribution in [2.45, 2.75) is 50.3 Å². The molecule has 31 heteroatoms. The highest BCUT2D eigenvalue weighted by Gasteiger charge is 2.35. The fourth-order valence-corrected chi connectivity index (χ4v) is 12.4. The van der Waals surface area contributed by atoms with Crippen molar-refractivity contribution < 1.29 is 43.2 Å². The molecule has 0 spiro atoms. The predicted molar refractivity (Wildman–Crippen MR) is 341 cm³/mol. The van der Waals surface area contributed by atoms with Gasteiger partial charge in [-0.15, -0.1) is 34.0 Å². The van der Waals surface area contributed by atoms with Gasteiger partial charge in [0.1, 0.15) is 33.5 Å². The van der Waals surface area contributed by atoms with Crippen LogP contribution in [0.25, 0.3) is 48.5 Å². The van der Waals surface area contributed by atoms with E-state index in [1.807, 2.05) is 26.5 Å². The average molecular weight is 1300 g/mol. The Hall–Kier alpha value is -8.01. The number of methoxy groups -OCH3 is 3. The molecule has 470 valence electrons. The van der Waals surface area contributed by atoms with Crippen LogP contribution in [0.2, 0.25) is 5.15 Å². The van der Waals surface area contributed by atoms with Crippen LogP contribution in [0, 0.1) is 0 Å². The van der Waals surface area contributed by atoms with Crippen molar-refractivity contribution in [1.29, 1.82) is 0 Å². The number of aromatic carboxylic acids is 1. The van der Waals surface area contributed by atoms with E-state index < -0.39 is 34.2 Å². The van der Waals surface area contributed by atoms with Gasteiger partial charge in [-0.05, 0) is 71.4 Å². The lowest BCUT2D eigenvalue weighted by molar-refractivity contribution is 0.0514. The highest BCUT2D eigenvalue weighted by atomic mass is 35.5. The fraction of sp³-hybridized carbons (Fsp3) is 0.379. The number of anilines is 2. The molecule has 9 aromatic rings. The molecule has 0 aromatic carbocycles. The van der Waals surface area contributed by atoms with Gasteiger partial charge in [0.15, 0.2) is 32.3 Å². The van der Waals surface area contributed by atoms with Gasteiger partial charge in [-0.25, -0.2) is 44.3 Å². The first-order valence-electron chi connectivity index (χ1n) is 28.0. The molecule has 9 aromatic heterocycles. The number of pyridine rings is 6. The maximum absolute atomic E-state index is 13.0. The van der Waals surface area contributed by atoms with Gasteiger partial charge in [0.05, 0.1) is 59.8 Å². The molecule has 0 saturated carbocycles.